The average Bonchev–Trinajstić information content (AvgIpc) is 2.93. The number of rotatable bonds is 12. The zero-order valence-corrected chi connectivity index (χ0v) is 26.4. The molecule has 42 heavy (non-hydrogen) atoms. The van der Waals surface area contributed by atoms with Crippen molar-refractivity contribution in [2.45, 2.75) is 92.5 Å². The van der Waals surface area contributed by atoms with Gasteiger partial charge in [0.2, 0.25) is 11.8 Å². The molecule has 2 aliphatic rings. The molecule has 2 N–H and O–H groups in total. The number of hydrogen-bond acceptors (Lipinski definition) is 8. The molecule has 2 aliphatic heterocycles. The number of piperidine rings is 1. The SMILES string of the molecule is CCC(CC(C)(C)C(=O)O)C(=O)N1CCC(C(=O)OC)CC1.CCC(CC(C)(C)C(=O)O)C(=O)N1CCC1C(=O)OC. The normalized spacial score (nSPS) is 18.9. The molecule has 3 unspecified atom stereocenters. The van der Waals surface area contributed by atoms with Crippen LogP contribution in [0.15, 0.2) is 0 Å². The molecule has 12 heteroatoms. The zero-order chi connectivity index (χ0) is 32.4. The fourth-order valence-corrected chi connectivity index (χ4v) is 5.25. The molecule has 0 aromatic carbocycles. The summed E-state index contributed by atoms with van der Waals surface area (Å²) in [7, 11) is 2.68. The number of amides is 2. The summed E-state index contributed by atoms with van der Waals surface area (Å²) in [5, 5.41) is 18.4. The van der Waals surface area contributed by atoms with E-state index < -0.39 is 34.8 Å². The lowest BCUT2D eigenvalue weighted by Crippen LogP contribution is -2.57. The predicted octanol–water partition coefficient (Wildman–Crippen LogP) is 3.21. The van der Waals surface area contributed by atoms with Gasteiger partial charge < -0.3 is 29.5 Å². The van der Waals surface area contributed by atoms with Crippen LogP contribution in [0, 0.1) is 28.6 Å². The molecule has 240 valence electrons. The smallest absolute Gasteiger partial charge is 0.328 e. The summed E-state index contributed by atoms with van der Waals surface area (Å²) in [5.41, 5.74) is -1.87. The standard InChI is InChI=1S/C16H27NO5.C14H23NO5/c1-5-11(10-16(2,3)15(20)21)13(18)17-8-6-12(7-9-17)14(19)22-4;1-5-9(8-14(2,3)13(18)19)11(16)15-7-6-10(15)12(17)20-4/h11-12H,5-10H2,1-4H3,(H,20,21);9-10H,5-8H2,1-4H3,(H,18,19). The van der Waals surface area contributed by atoms with Gasteiger partial charge in [-0.25, -0.2) is 4.79 Å². The van der Waals surface area contributed by atoms with E-state index in [0.29, 0.717) is 58.2 Å². The highest BCUT2D eigenvalue weighted by atomic mass is 16.5. The Bertz CT molecular complexity index is 985. The van der Waals surface area contributed by atoms with Crippen molar-refractivity contribution in [1.82, 2.24) is 9.80 Å². The number of ether oxygens (including phenoxy) is 2. The van der Waals surface area contributed by atoms with E-state index >= 15 is 0 Å². The fraction of sp³-hybridized carbons (Fsp3) is 0.800. The van der Waals surface area contributed by atoms with Crippen LogP contribution in [0.2, 0.25) is 0 Å². The van der Waals surface area contributed by atoms with Crippen molar-refractivity contribution in [3.05, 3.63) is 0 Å². The van der Waals surface area contributed by atoms with E-state index in [0.717, 1.165) is 0 Å². The van der Waals surface area contributed by atoms with Gasteiger partial charge in [0.05, 0.1) is 31.0 Å². The topological polar surface area (TPSA) is 168 Å². The van der Waals surface area contributed by atoms with Crippen LogP contribution in [0.1, 0.15) is 86.5 Å². The van der Waals surface area contributed by atoms with E-state index in [2.05, 4.69) is 4.74 Å². The van der Waals surface area contributed by atoms with Gasteiger partial charge in [0.15, 0.2) is 0 Å². The van der Waals surface area contributed by atoms with Crippen molar-refractivity contribution >= 4 is 35.7 Å². The Labute approximate surface area is 249 Å². The molecule has 0 aliphatic carbocycles. The van der Waals surface area contributed by atoms with Gasteiger partial charge in [-0.2, -0.15) is 0 Å². The van der Waals surface area contributed by atoms with E-state index in [1.165, 1.54) is 19.1 Å². The number of carboxylic acid groups (broad SMARTS) is 2. The number of carbonyl (C=O) groups excluding carboxylic acids is 4. The third-order valence-electron chi connectivity index (χ3n) is 8.47. The summed E-state index contributed by atoms with van der Waals surface area (Å²) in [5.74, 6) is -3.38. The van der Waals surface area contributed by atoms with E-state index in [-0.39, 0.29) is 42.0 Å². The predicted molar refractivity (Wildman–Crippen MR) is 153 cm³/mol. The molecule has 0 bridgehead atoms. The average molecular weight is 599 g/mol. The number of hydrogen-bond donors (Lipinski definition) is 2. The molecule has 2 rings (SSSR count). The van der Waals surface area contributed by atoms with Crippen molar-refractivity contribution in [2.75, 3.05) is 33.9 Å². The van der Waals surface area contributed by atoms with Crippen molar-refractivity contribution in [3.63, 3.8) is 0 Å². The Morgan fingerprint density at radius 3 is 1.48 bits per heavy atom. The summed E-state index contributed by atoms with van der Waals surface area (Å²) in [4.78, 5) is 73.7. The third-order valence-corrected chi connectivity index (χ3v) is 8.47. The van der Waals surface area contributed by atoms with Gasteiger partial charge in [0.1, 0.15) is 6.04 Å². The monoisotopic (exact) mass is 598 g/mol. The Balaban J connectivity index is 0.000000422. The Morgan fingerprint density at radius 1 is 0.714 bits per heavy atom. The van der Waals surface area contributed by atoms with Crippen LogP contribution < -0.4 is 0 Å². The fourth-order valence-electron chi connectivity index (χ4n) is 5.25. The first-order chi connectivity index (χ1) is 19.5. The maximum atomic E-state index is 12.6. The lowest BCUT2D eigenvalue weighted by Gasteiger charge is -2.41. The van der Waals surface area contributed by atoms with Crippen molar-refractivity contribution in [2.24, 2.45) is 28.6 Å². The van der Waals surface area contributed by atoms with E-state index in [1.54, 1.807) is 32.6 Å². The first-order valence-electron chi connectivity index (χ1n) is 14.7. The van der Waals surface area contributed by atoms with Crippen molar-refractivity contribution in [3.8, 4) is 0 Å². The quantitative estimate of drug-likeness (QED) is 0.318. The second-order valence-corrected chi connectivity index (χ2v) is 12.5. The van der Waals surface area contributed by atoms with E-state index in [4.69, 9.17) is 9.84 Å². The second-order valence-electron chi connectivity index (χ2n) is 12.5. The van der Waals surface area contributed by atoms with Crippen LogP contribution in [0.25, 0.3) is 0 Å². The van der Waals surface area contributed by atoms with Crippen LogP contribution in [0.3, 0.4) is 0 Å². The molecule has 12 nitrogen and oxygen atoms in total. The third kappa shape index (κ3) is 9.69. The molecular formula is C30H50N2O10. The molecular weight excluding hydrogens is 548 g/mol. The first-order valence-corrected chi connectivity index (χ1v) is 14.7. The van der Waals surface area contributed by atoms with Gasteiger partial charge in [0.25, 0.3) is 0 Å². The van der Waals surface area contributed by atoms with Gasteiger partial charge in [-0.05, 0) is 72.6 Å². The minimum atomic E-state index is -0.956. The highest BCUT2D eigenvalue weighted by Gasteiger charge is 2.42. The van der Waals surface area contributed by atoms with Gasteiger partial charge in [0, 0.05) is 31.5 Å². The minimum absolute atomic E-state index is 0.000130. The number of nitrogens with zero attached hydrogens (tertiary/aromatic N) is 2. The summed E-state index contributed by atoms with van der Waals surface area (Å²) in [6, 6.07) is -0.505. The molecule has 0 spiro atoms. The van der Waals surface area contributed by atoms with Gasteiger partial charge in [-0.3, -0.25) is 24.0 Å². The number of esters is 2. The molecule has 0 aromatic rings. The van der Waals surface area contributed by atoms with Crippen molar-refractivity contribution < 1.29 is 48.5 Å². The molecule has 2 heterocycles. The molecule has 3 atom stereocenters. The molecule has 0 saturated carbocycles. The van der Waals surface area contributed by atoms with E-state index in [9.17, 15) is 33.9 Å². The summed E-state index contributed by atoms with van der Waals surface area (Å²) < 4.78 is 9.40. The lowest BCUT2D eigenvalue weighted by atomic mass is 9.80. The van der Waals surface area contributed by atoms with Gasteiger partial charge >= 0.3 is 23.9 Å². The Kier molecular flexibility index (Phi) is 13.9. The van der Waals surface area contributed by atoms with Crippen LogP contribution in [0.5, 0.6) is 0 Å². The lowest BCUT2D eigenvalue weighted by molar-refractivity contribution is -0.163. The highest BCUT2D eigenvalue weighted by Crippen LogP contribution is 2.32. The van der Waals surface area contributed by atoms with Crippen LogP contribution in [-0.4, -0.2) is 95.6 Å². The summed E-state index contributed by atoms with van der Waals surface area (Å²) in [6.07, 6.45) is 3.59. The zero-order valence-electron chi connectivity index (χ0n) is 26.4. The largest absolute Gasteiger partial charge is 0.481 e. The van der Waals surface area contributed by atoms with E-state index in [1.807, 2.05) is 13.8 Å². The first kappa shape index (κ1) is 36.8. The number of carboxylic acids is 2. The summed E-state index contributed by atoms with van der Waals surface area (Å²) >= 11 is 0. The molecule has 0 radical (unpaired) electrons. The number of likely N-dealkylation sites (tertiary alicyclic amines) is 2. The maximum Gasteiger partial charge on any atom is 0.328 e. The molecule has 0 aromatic heterocycles. The number of carbonyl (C=O) groups is 6. The van der Waals surface area contributed by atoms with Gasteiger partial charge in [-0.15, -0.1) is 0 Å². The Morgan fingerprint density at radius 2 is 1.14 bits per heavy atom. The second kappa shape index (κ2) is 15.9. The van der Waals surface area contributed by atoms with Crippen molar-refractivity contribution in [1.29, 1.82) is 0 Å². The molecule has 2 fully saturated rings. The van der Waals surface area contributed by atoms with Crippen LogP contribution in [0.4, 0.5) is 0 Å². The summed E-state index contributed by atoms with van der Waals surface area (Å²) in [6.45, 7) is 11.9. The highest BCUT2D eigenvalue weighted by molar-refractivity contribution is 5.88. The molecule has 2 saturated heterocycles. The minimum Gasteiger partial charge on any atom is -0.481 e. The number of methoxy groups -OCH3 is 2. The van der Waals surface area contributed by atoms with Crippen LogP contribution >= 0.6 is 0 Å². The van der Waals surface area contributed by atoms with Crippen LogP contribution in [-0.2, 0) is 38.2 Å². The Hall–Kier alpha value is -3.18. The maximum absolute atomic E-state index is 12.6. The number of aliphatic carboxylic acids is 2. The van der Waals surface area contributed by atoms with Gasteiger partial charge in [-0.1, -0.05) is 13.8 Å². The molecule has 2 amide bonds.